The van der Waals surface area contributed by atoms with Crippen molar-refractivity contribution in [3.63, 3.8) is 0 Å². The minimum Gasteiger partial charge on any atom is -0.334 e. The van der Waals surface area contributed by atoms with Gasteiger partial charge >= 0.3 is 0 Å². The third kappa shape index (κ3) is 3.17. The lowest BCUT2D eigenvalue weighted by molar-refractivity contribution is 0.398. The van der Waals surface area contributed by atoms with Crippen LogP contribution in [0.25, 0.3) is 5.70 Å². The van der Waals surface area contributed by atoms with E-state index in [2.05, 4.69) is 41.7 Å². The second-order valence-electron chi connectivity index (χ2n) is 7.46. The van der Waals surface area contributed by atoms with Gasteiger partial charge in [0.2, 0.25) is 0 Å². The van der Waals surface area contributed by atoms with Crippen LogP contribution in [-0.4, -0.2) is 17.7 Å². The summed E-state index contributed by atoms with van der Waals surface area (Å²) in [6, 6.07) is 4.24. The van der Waals surface area contributed by atoms with Gasteiger partial charge in [-0.3, -0.25) is 4.99 Å². The Balaban J connectivity index is 1.50. The molecule has 2 heterocycles. The molecule has 0 amide bonds. The number of aromatic nitrogens is 1. The van der Waals surface area contributed by atoms with E-state index in [9.17, 15) is 0 Å². The number of aliphatic imine (C=N–C) groups is 1. The van der Waals surface area contributed by atoms with Gasteiger partial charge in [-0.2, -0.15) is 0 Å². The summed E-state index contributed by atoms with van der Waals surface area (Å²) in [7, 11) is 2.10. The van der Waals surface area contributed by atoms with Gasteiger partial charge < -0.3 is 4.90 Å². The molecule has 1 aliphatic heterocycles. The van der Waals surface area contributed by atoms with E-state index in [1.807, 2.05) is 6.20 Å². The highest BCUT2D eigenvalue weighted by atomic mass is 15.2. The Bertz CT molecular complexity index is 691. The Hall–Kier alpha value is -1.90. The van der Waals surface area contributed by atoms with Crippen molar-refractivity contribution < 1.29 is 0 Å². The molecule has 0 atom stereocenters. The molecule has 24 heavy (non-hydrogen) atoms. The third-order valence-corrected chi connectivity index (χ3v) is 5.71. The maximum absolute atomic E-state index is 4.86. The van der Waals surface area contributed by atoms with Gasteiger partial charge in [-0.05, 0) is 49.7 Å². The predicted octanol–water partition coefficient (Wildman–Crippen LogP) is 5.21. The first-order valence-corrected chi connectivity index (χ1v) is 9.39. The molecule has 2 fully saturated rings. The molecule has 3 nitrogen and oxygen atoms in total. The fraction of sp³-hybridized carbons (Fsp3) is 0.524. The Labute approximate surface area is 145 Å². The lowest BCUT2D eigenvalue weighted by atomic mass is 9.87. The van der Waals surface area contributed by atoms with Gasteiger partial charge in [-0.1, -0.05) is 31.9 Å². The molecule has 2 saturated carbocycles. The van der Waals surface area contributed by atoms with E-state index in [0.717, 1.165) is 23.9 Å². The maximum atomic E-state index is 4.86. The monoisotopic (exact) mass is 321 g/mol. The van der Waals surface area contributed by atoms with E-state index in [4.69, 9.17) is 4.99 Å². The second-order valence-corrected chi connectivity index (χ2v) is 7.46. The summed E-state index contributed by atoms with van der Waals surface area (Å²) in [4.78, 5) is 11.6. The van der Waals surface area contributed by atoms with Gasteiger partial charge in [0, 0.05) is 36.6 Å². The van der Waals surface area contributed by atoms with Crippen LogP contribution in [0.3, 0.4) is 0 Å². The van der Waals surface area contributed by atoms with Crippen molar-refractivity contribution in [2.24, 2.45) is 16.8 Å². The molecule has 1 aromatic heterocycles. The lowest BCUT2D eigenvalue weighted by Crippen LogP contribution is -2.24. The summed E-state index contributed by atoms with van der Waals surface area (Å²) in [5.74, 6) is 2.35. The summed E-state index contributed by atoms with van der Waals surface area (Å²) in [5.41, 5.74) is 4.89. The zero-order valence-corrected chi connectivity index (χ0v) is 14.7. The van der Waals surface area contributed by atoms with E-state index >= 15 is 0 Å². The molecule has 3 aliphatic rings. The molecule has 3 heteroatoms. The Morgan fingerprint density at radius 1 is 1.17 bits per heavy atom. The zero-order valence-electron chi connectivity index (χ0n) is 14.7. The molecule has 0 saturated heterocycles. The average molecular weight is 321 g/mol. The lowest BCUT2D eigenvalue weighted by Gasteiger charge is -2.30. The first-order chi connectivity index (χ1) is 11.7. The summed E-state index contributed by atoms with van der Waals surface area (Å²) >= 11 is 0. The van der Waals surface area contributed by atoms with Crippen LogP contribution < -0.4 is 4.90 Å². The first-order valence-electron chi connectivity index (χ1n) is 9.39. The van der Waals surface area contributed by atoms with Crippen molar-refractivity contribution in [2.45, 2.75) is 51.4 Å². The van der Waals surface area contributed by atoms with Crippen LogP contribution in [0.2, 0.25) is 0 Å². The topological polar surface area (TPSA) is 28.5 Å². The molecule has 0 spiro atoms. The smallest absolute Gasteiger partial charge is 0.133 e. The van der Waals surface area contributed by atoms with Gasteiger partial charge in [0.15, 0.2) is 0 Å². The number of hydrogen-bond donors (Lipinski definition) is 0. The SMILES string of the molecule is C=C(C1CCCCC1)N(C)c1cc(C2=CCC(C3CC3)=N2)ccn1. The molecule has 0 bridgehead atoms. The van der Waals surface area contributed by atoms with Crippen LogP contribution in [0, 0.1) is 11.8 Å². The highest BCUT2D eigenvalue weighted by Gasteiger charge is 2.29. The molecule has 2 aliphatic carbocycles. The average Bonchev–Trinajstić information content (AvgIpc) is 3.38. The summed E-state index contributed by atoms with van der Waals surface area (Å²) in [6.07, 6.45) is 14.4. The van der Waals surface area contributed by atoms with Crippen LogP contribution in [-0.2, 0) is 0 Å². The van der Waals surface area contributed by atoms with E-state index in [-0.39, 0.29) is 0 Å². The zero-order chi connectivity index (χ0) is 16.5. The quantitative estimate of drug-likeness (QED) is 0.745. The Morgan fingerprint density at radius 3 is 2.71 bits per heavy atom. The summed E-state index contributed by atoms with van der Waals surface area (Å²) in [6.45, 7) is 4.37. The molecular weight excluding hydrogens is 294 g/mol. The van der Waals surface area contributed by atoms with Gasteiger partial charge in [0.1, 0.15) is 5.82 Å². The molecule has 4 rings (SSSR count). The molecule has 0 unspecified atom stereocenters. The van der Waals surface area contributed by atoms with Gasteiger partial charge in [0.05, 0.1) is 5.70 Å². The number of rotatable bonds is 5. The number of anilines is 1. The fourth-order valence-corrected chi connectivity index (χ4v) is 3.92. The van der Waals surface area contributed by atoms with E-state index in [0.29, 0.717) is 5.92 Å². The largest absolute Gasteiger partial charge is 0.334 e. The normalized spacial score (nSPS) is 21.4. The van der Waals surface area contributed by atoms with Crippen LogP contribution >= 0.6 is 0 Å². The fourth-order valence-electron chi connectivity index (χ4n) is 3.92. The van der Waals surface area contributed by atoms with E-state index in [1.54, 1.807) is 0 Å². The van der Waals surface area contributed by atoms with Crippen molar-refractivity contribution >= 4 is 17.2 Å². The first kappa shape index (κ1) is 15.6. The second kappa shape index (κ2) is 6.54. The van der Waals surface area contributed by atoms with Gasteiger partial charge in [-0.25, -0.2) is 4.98 Å². The predicted molar refractivity (Wildman–Crippen MR) is 101 cm³/mol. The Kier molecular flexibility index (Phi) is 4.26. The van der Waals surface area contributed by atoms with Gasteiger partial charge in [-0.15, -0.1) is 0 Å². The molecule has 1 aromatic rings. The molecule has 0 aromatic carbocycles. The van der Waals surface area contributed by atoms with Gasteiger partial charge in [0.25, 0.3) is 0 Å². The van der Waals surface area contributed by atoms with Crippen LogP contribution in [0.15, 0.2) is 41.7 Å². The highest BCUT2D eigenvalue weighted by Crippen LogP contribution is 2.37. The summed E-state index contributed by atoms with van der Waals surface area (Å²) in [5, 5.41) is 0. The molecule has 0 N–H and O–H groups in total. The molecule has 0 radical (unpaired) electrons. The van der Waals surface area contributed by atoms with Crippen LogP contribution in [0.4, 0.5) is 5.82 Å². The standard InChI is InChI=1S/C21H27N3/c1-15(16-6-4-3-5-7-16)24(2)21-14-18(12-13-22-21)20-11-10-19(23-20)17-8-9-17/h11-14,16-17H,1,3-10H2,2H3. The molecular formula is C21H27N3. The van der Waals surface area contributed by atoms with Crippen molar-refractivity contribution in [1.29, 1.82) is 0 Å². The van der Waals surface area contributed by atoms with Crippen molar-refractivity contribution in [3.8, 4) is 0 Å². The third-order valence-electron chi connectivity index (χ3n) is 5.71. The van der Waals surface area contributed by atoms with E-state index in [1.165, 1.54) is 61.9 Å². The maximum Gasteiger partial charge on any atom is 0.133 e. The van der Waals surface area contributed by atoms with Crippen molar-refractivity contribution in [3.05, 3.63) is 42.2 Å². The number of pyridine rings is 1. The highest BCUT2D eigenvalue weighted by molar-refractivity contribution is 5.98. The summed E-state index contributed by atoms with van der Waals surface area (Å²) < 4.78 is 0. The number of hydrogen-bond acceptors (Lipinski definition) is 3. The van der Waals surface area contributed by atoms with Crippen molar-refractivity contribution in [2.75, 3.05) is 11.9 Å². The van der Waals surface area contributed by atoms with Crippen molar-refractivity contribution in [1.82, 2.24) is 4.98 Å². The molecule has 126 valence electrons. The number of allylic oxidation sites excluding steroid dienone is 2. The Morgan fingerprint density at radius 2 is 1.96 bits per heavy atom. The van der Waals surface area contributed by atoms with Crippen LogP contribution in [0.1, 0.15) is 56.9 Å². The van der Waals surface area contributed by atoms with E-state index < -0.39 is 0 Å². The minimum atomic E-state index is 0.611. The van der Waals surface area contributed by atoms with Crippen LogP contribution in [0.5, 0.6) is 0 Å². The number of nitrogens with zero attached hydrogens (tertiary/aromatic N) is 3. The minimum absolute atomic E-state index is 0.611.